The molecule has 0 radical (unpaired) electrons. The zero-order chi connectivity index (χ0) is 15.5. The van der Waals surface area contributed by atoms with Crippen molar-refractivity contribution in [1.29, 1.82) is 0 Å². The van der Waals surface area contributed by atoms with Crippen molar-refractivity contribution < 1.29 is 12.8 Å². The van der Waals surface area contributed by atoms with E-state index in [4.69, 9.17) is 5.73 Å². The van der Waals surface area contributed by atoms with Crippen molar-refractivity contribution in [2.75, 3.05) is 11.3 Å². The molecule has 3 N–H and O–H groups in total. The number of rotatable bonds is 3. The summed E-state index contributed by atoms with van der Waals surface area (Å²) in [6.45, 7) is 0.0453. The number of aromatic nitrogens is 2. The van der Waals surface area contributed by atoms with E-state index < -0.39 is 15.8 Å². The van der Waals surface area contributed by atoms with Crippen molar-refractivity contribution in [3.8, 4) is 11.8 Å². The number of aryl methyl sites for hydroxylation is 1. The van der Waals surface area contributed by atoms with Gasteiger partial charge in [0.1, 0.15) is 10.7 Å². The van der Waals surface area contributed by atoms with Gasteiger partial charge in [0.05, 0.1) is 6.54 Å². The molecular formula is C13H13FN4O2S. The van der Waals surface area contributed by atoms with E-state index in [1.165, 1.54) is 10.7 Å². The average Bonchev–Trinajstić information content (AvgIpc) is 2.80. The van der Waals surface area contributed by atoms with Crippen LogP contribution < -0.4 is 10.5 Å². The Kier molecular flexibility index (Phi) is 4.26. The van der Waals surface area contributed by atoms with Gasteiger partial charge >= 0.3 is 0 Å². The number of halogens is 1. The molecule has 8 heteroatoms. The van der Waals surface area contributed by atoms with Crippen LogP contribution in [0.5, 0.6) is 0 Å². The van der Waals surface area contributed by atoms with Crippen molar-refractivity contribution in [2.45, 2.75) is 4.90 Å². The summed E-state index contributed by atoms with van der Waals surface area (Å²) in [7, 11) is -2.25. The molecule has 2 rings (SSSR count). The second-order valence-corrected chi connectivity index (χ2v) is 5.78. The summed E-state index contributed by atoms with van der Waals surface area (Å²) >= 11 is 0. The van der Waals surface area contributed by atoms with Crippen LogP contribution in [0.2, 0.25) is 0 Å². The van der Waals surface area contributed by atoms with E-state index in [0.717, 1.165) is 18.2 Å². The molecule has 1 aromatic carbocycles. The highest BCUT2D eigenvalue weighted by Crippen LogP contribution is 2.19. The first kappa shape index (κ1) is 15.0. The van der Waals surface area contributed by atoms with E-state index >= 15 is 0 Å². The lowest BCUT2D eigenvalue weighted by Gasteiger charge is -2.07. The van der Waals surface area contributed by atoms with Gasteiger partial charge in [-0.05, 0) is 18.2 Å². The highest BCUT2D eigenvalue weighted by Gasteiger charge is 2.19. The summed E-state index contributed by atoms with van der Waals surface area (Å²) in [5, 5.41) is 3.93. The lowest BCUT2D eigenvalue weighted by Crippen LogP contribution is -2.15. The van der Waals surface area contributed by atoms with Gasteiger partial charge in [-0.15, -0.1) is 0 Å². The fourth-order valence-corrected chi connectivity index (χ4v) is 2.78. The van der Waals surface area contributed by atoms with Gasteiger partial charge in [-0.2, -0.15) is 5.10 Å². The Morgan fingerprint density at radius 1 is 1.43 bits per heavy atom. The van der Waals surface area contributed by atoms with Gasteiger partial charge in [0, 0.05) is 24.9 Å². The molecule has 0 aliphatic carbocycles. The SMILES string of the molecule is Cn1ccc(NS(=O)(=O)c2ccc(F)cc2C#CCN)n1. The molecule has 0 atom stereocenters. The number of anilines is 1. The number of sulfonamides is 1. The summed E-state index contributed by atoms with van der Waals surface area (Å²) in [5.41, 5.74) is 5.30. The molecule has 0 aliphatic heterocycles. The summed E-state index contributed by atoms with van der Waals surface area (Å²) in [6.07, 6.45) is 1.59. The first-order chi connectivity index (χ1) is 9.92. The van der Waals surface area contributed by atoms with Gasteiger partial charge in [0.15, 0.2) is 5.82 Å². The molecule has 0 aliphatic rings. The van der Waals surface area contributed by atoms with Crippen LogP contribution in [0, 0.1) is 17.7 Å². The Labute approximate surface area is 121 Å². The molecular weight excluding hydrogens is 295 g/mol. The maximum atomic E-state index is 13.3. The highest BCUT2D eigenvalue weighted by atomic mass is 32.2. The molecule has 110 valence electrons. The molecule has 1 aromatic heterocycles. The molecule has 2 aromatic rings. The lowest BCUT2D eigenvalue weighted by molar-refractivity contribution is 0.599. The van der Waals surface area contributed by atoms with Crippen LogP contribution in [-0.2, 0) is 17.1 Å². The summed E-state index contributed by atoms with van der Waals surface area (Å²) < 4.78 is 41.7. The molecule has 21 heavy (non-hydrogen) atoms. The predicted octanol–water partition coefficient (Wildman–Crippen LogP) is 0.670. The number of nitrogens with two attached hydrogens (primary N) is 1. The fourth-order valence-electron chi connectivity index (χ4n) is 1.64. The van der Waals surface area contributed by atoms with Crippen LogP contribution in [0.3, 0.4) is 0 Å². The normalized spacial score (nSPS) is 10.8. The van der Waals surface area contributed by atoms with E-state index in [1.807, 2.05) is 0 Å². The Balaban J connectivity index is 2.44. The molecule has 0 saturated carbocycles. The highest BCUT2D eigenvalue weighted by molar-refractivity contribution is 7.92. The van der Waals surface area contributed by atoms with Gasteiger partial charge in [-0.3, -0.25) is 9.40 Å². The first-order valence-electron chi connectivity index (χ1n) is 5.93. The molecule has 6 nitrogen and oxygen atoms in total. The third-order valence-electron chi connectivity index (χ3n) is 2.51. The van der Waals surface area contributed by atoms with Gasteiger partial charge in [0.25, 0.3) is 10.0 Å². The van der Waals surface area contributed by atoms with Crippen LogP contribution in [0.4, 0.5) is 10.2 Å². The van der Waals surface area contributed by atoms with E-state index in [1.54, 1.807) is 13.2 Å². The minimum absolute atomic E-state index is 0.0453. The number of hydrogen-bond donors (Lipinski definition) is 2. The fraction of sp³-hybridized carbons (Fsp3) is 0.154. The molecule has 1 heterocycles. The van der Waals surface area contributed by atoms with Crippen LogP contribution in [0.25, 0.3) is 0 Å². The molecule has 0 amide bonds. The Bertz CT molecular complexity index is 818. The average molecular weight is 308 g/mol. The maximum Gasteiger partial charge on any atom is 0.264 e. The Hall–Kier alpha value is -2.37. The molecule has 0 fully saturated rings. The number of benzene rings is 1. The van der Waals surface area contributed by atoms with Crippen LogP contribution in [0.15, 0.2) is 35.4 Å². The van der Waals surface area contributed by atoms with E-state index in [2.05, 4.69) is 21.7 Å². The van der Waals surface area contributed by atoms with Crippen molar-refractivity contribution in [3.63, 3.8) is 0 Å². The number of nitrogens with one attached hydrogen (secondary N) is 1. The van der Waals surface area contributed by atoms with Crippen LogP contribution in [-0.4, -0.2) is 24.7 Å². The third-order valence-corrected chi connectivity index (χ3v) is 3.92. The second kappa shape index (κ2) is 5.95. The minimum Gasteiger partial charge on any atom is -0.320 e. The van der Waals surface area contributed by atoms with E-state index in [9.17, 15) is 12.8 Å². The second-order valence-electron chi connectivity index (χ2n) is 4.13. The Morgan fingerprint density at radius 3 is 2.81 bits per heavy atom. The van der Waals surface area contributed by atoms with Crippen LogP contribution in [0.1, 0.15) is 5.56 Å². The number of nitrogens with zero attached hydrogens (tertiary/aromatic N) is 2. The van der Waals surface area contributed by atoms with E-state index in [-0.39, 0.29) is 22.8 Å². The van der Waals surface area contributed by atoms with Crippen molar-refractivity contribution in [3.05, 3.63) is 41.8 Å². The Morgan fingerprint density at radius 2 is 2.19 bits per heavy atom. The van der Waals surface area contributed by atoms with Crippen molar-refractivity contribution in [2.24, 2.45) is 12.8 Å². The van der Waals surface area contributed by atoms with Gasteiger partial charge in [-0.1, -0.05) is 11.8 Å². The third kappa shape index (κ3) is 3.59. The van der Waals surface area contributed by atoms with Gasteiger partial charge in [-0.25, -0.2) is 12.8 Å². The topological polar surface area (TPSA) is 90.0 Å². The largest absolute Gasteiger partial charge is 0.320 e. The van der Waals surface area contributed by atoms with Crippen LogP contribution >= 0.6 is 0 Å². The quantitative estimate of drug-likeness (QED) is 0.816. The summed E-state index contributed by atoms with van der Waals surface area (Å²) in [4.78, 5) is -0.129. The van der Waals surface area contributed by atoms with Gasteiger partial charge < -0.3 is 5.73 Å². The van der Waals surface area contributed by atoms with Crippen molar-refractivity contribution in [1.82, 2.24) is 9.78 Å². The summed E-state index contributed by atoms with van der Waals surface area (Å²) in [6, 6.07) is 4.77. The zero-order valence-corrected chi connectivity index (χ0v) is 12.0. The monoisotopic (exact) mass is 308 g/mol. The van der Waals surface area contributed by atoms with Gasteiger partial charge in [0.2, 0.25) is 0 Å². The first-order valence-corrected chi connectivity index (χ1v) is 7.41. The predicted molar refractivity (Wildman–Crippen MR) is 76.3 cm³/mol. The minimum atomic E-state index is -3.91. The molecule has 0 unspecified atom stereocenters. The summed E-state index contributed by atoms with van der Waals surface area (Å²) in [5.74, 6) is 4.65. The standard InChI is InChI=1S/C13H13FN4O2S/c1-18-8-6-13(16-18)17-21(19,20)12-5-4-11(14)9-10(12)3-2-7-15/h4-6,8-9H,7,15H2,1H3,(H,16,17). The maximum absolute atomic E-state index is 13.3. The zero-order valence-electron chi connectivity index (χ0n) is 11.2. The lowest BCUT2D eigenvalue weighted by atomic mass is 10.2. The van der Waals surface area contributed by atoms with E-state index in [0.29, 0.717) is 0 Å². The molecule has 0 saturated heterocycles. The molecule has 0 spiro atoms. The smallest absolute Gasteiger partial charge is 0.264 e. The van der Waals surface area contributed by atoms with Crippen molar-refractivity contribution >= 4 is 15.8 Å². The molecule has 0 bridgehead atoms. The number of hydrogen-bond acceptors (Lipinski definition) is 4.